The first-order chi connectivity index (χ1) is 18.7. The number of carbonyl (C=O) groups excluding carboxylic acids is 2. The lowest BCUT2D eigenvalue weighted by molar-refractivity contribution is -0.132. The lowest BCUT2D eigenvalue weighted by Crippen LogP contribution is -2.29. The maximum atomic E-state index is 13.6. The minimum absolute atomic E-state index is 0.0365. The number of ketones is 1. The van der Waals surface area contributed by atoms with Crippen molar-refractivity contribution in [2.24, 2.45) is 0 Å². The molecule has 1 unspecified atom stereocenters. The lowest BCUT2D eigenvalue weighted by atomic mass is 9.93. The molecular formula is C32H35ClN2O4. The van der Waals surface area contributed by atoms with Gasteiger partial charge in [0.1, 0.15) is 11.5 Å². The number of Topliss-reactive ketones (excluding diaryl/α,β-unsaturated/α-hetero) is 1. The van der Waals surface area contributed by atoms with Gasteiger partial charge in [0, 0.05) is 35.1 Å². The van der Waals surface area contributed by atoms with Crippen LogP contribution in [0.5, 0.6) is 5.75 Å². The van der Waals surface area contributed by atoms with Gasteiger partial charge in [-0.2, -0.15) is 0 Å². The second-order valence-corrected chi connectivity index (χ2v) is 10.2. The smallest absolute Gasteiger partial charge is 0.300 e. The first kappa shape index (κ1) is 28.2. The SMILES string of the molecule is CCOc1ccc(/C(O)=C2/C(=O)C(=O)N(c3cccc(Cl)c3)C2c2ccc(N(CC)CC)cc2)cc1C(C)C. The van der Waals surface area contributed by atoms with Crippen molar-refractivity contribution < 1.29 is 19.4 Å². The average Bonchev–Trinajstić information content (AvgIpc) is 3.19. The van der Waals surface area contributed by atoms with Gasteiger partial charge in [-0.25, -0.2) is 0 Å². The summed E-state index contributed by atoms with van der Waals surface area (Å²) in [5, 5.41) is 12.1. The van der Waals surface area contributed by atoms with Gasteiger partial charge in [0.2, 0.25) is 0 Å². The van der Waals surface area contributed by atoms with Crippen molar-refractivity contribution in [3.05, 3.63) is 94.0 Å². The minimum atomic E-state index is -0.830. The molecule has 0 aliphatic carbocycles. The summed E-state index contributed by atoms with van der Waals surface area (Å²) in [6.07, 6.45) is 0. The highest BCUT2D eigenvalue weighted by molar-refractivity contribution is 6.51. The Morgan fingerprint density at radius 2 is 1.69 bits per heavy atom. The number of carbonyl (C=O) groups is 2. The minimum Gasteiger partial charge on any atom is -0.507 e. The number of rotatable bonds is 9. The molecular weight excluding hydrogens is 512 g/mol. The third-order valence-electron chi connectivity index (χ3n) is 7.07. The molecule has 1 saturated heterocycles. The first-order valence-electron chi connectivity index (χ1n) is 13.4. The molecule has 39 heavy (non-hydrogen) atoms. The third-order valence-corrected chi connectivity index (χ3v) is 7.31. The lowest BCUT2D eigenvalue weighted by Gasteiger charge is -2.27. The Labute approximate surface area is 235 Å². The second kappa shape index (κ2) is 12.0. The van der Waals surface area contributed by atoms with Crippen LogP contribution in [0, 0.1) is 0 Å². The highest BCUT2D eigenvalue weighted by Gasteiger charge is 2.47. The number of anilines is 2. The molecule has 0 bridgehead atoms. The van der Waals surface area contributed by atoms with E-state index in [-0.39, 0.29) is 17.3 Å². The predicted molar refractivity (Wildman–Crippen MR) is 158 cm³/mol. The van der Waals surface area contributed by atoms with Gasteiger partial charge < -0.3 is 14.7 Å². The second-order valence-electron chi connectivity index (χ2n) is 9.75. The maximum Gasteiger partial charge on any atom is 0.300 e. The van der Waals surface area contributed by atoms with Crippen LogP contribution in [0.4, 0.5) is 11.4 Å². The number of hydrogen-bond acceptors (Lipinski definition) is 5. The molecule has 3 aromatic carbocycles. The van der Waals surface area contributed by atoms with Gasteiger partial charge in [0.25, 0.3) is 11.7 Å². The fourth-order valence-corrected chi connectivity index (χ4v) is 5.27. The highest BCUT2D eigenvalue weighted by Crippen LogP contribution is 2.43. The molecule has 1 fully saturated rings. The van der Waals surface area contributed by atoms with E-state index in [1.807, 2.05) is 51.1 Å². The van der Waals surface area contributed by atoms with Crippen molar-refractivity contribution in [3.8, 4) is 5.75 Å². The molecule has 1 aliphatic heterocycles. The van der Waals surface area contributed by atoms with E-state index >= 15 is 0 Å². The van der Waals surface area contributed by atoms with Crippen LogP contribution in [0.3, 0.4) is 0 Å². The van der Waals surface area contributed by atoms with E-state index < -0.39 is 17.7 Å². The molecule has 1 atom stereocenters. The van der Waals surface area contributed by atoms with Crippen LogP contribution in [0.25, 0.3) is 5.76 Å². The van der Waals surface area contributed by atoms with E-state index in [1.165, 1.54) is 4.90 Å². The third kappa shape index (κ3) is 5.52. The molecule has 0 radical (unpaired) electrons. The molecule has 1 N–H and O–H groups in total. The molecule has 1 aliphatic rings. The number of ether oxygens (including phenoxy) is 1. The Kier molecular flexibility index (Phi) is 8.66. The summed E-state index contributed by atoms with van der Waals surface area (Å²) in [4.78, 5) is 30.7. The van der Waals surface area contributed by atoms with E-state index in [9.17, 15) is 14.7 Å². The zero-order valence-corrected chi connectivity index (χ0v) is 23.8. The van der Waals surface area contributed by atoms with E-state index in [0.29, 0.717) is 28.4 Å². The number of aliphatic hydroxyl groups is 1. The van der Waals surface area contributed by atoms with E-state index in [0.717, 1.165) is 30.1 Å². The normalized spacial score (nSPS) is 16.7. The van der Waals surface area contributed by atoms with Crippen molar-refractivity contribution >= 4 is 40.4 Å². The van der Waals surface area contributed by atoms with Gasteiger partial charge in [0.15, 0.2) is 0 Å². The van der Waals surface area contributed by atoms with Gasteiger partial charge in [-0.1, -0.05) is 43.6 Å². The summed E-state index contributed by atoms with van der Waals surface area (Å²) in [6.45, 7) is 12.4. The van der Waals surface area contributed by atoms with Crippen LogP contribution in [0.15, 0.2) is 72.3 Å². The number of hydrogen-bond donors (Lipinski definition) is 1. The van der Waals surface area contributed by atoms with Crippen LogP contribution in [0.1, 0.15) is 63.3 Å². The van der Waals surface area contributed by atoms with Gasteiger partial charge in [-0.05, 0) is 86.3 Å². The Hall–Kier alpha value is -3.77. The summed E-state index contributed by atoms with van der Waals surface area (Å²) in [5.74, 6) is -0.832. The molecule has 1 amide bonds. The molecule has 7 heteroatoms. The number of amides is 1. The topological polar surface area (TPSA) is 70.1 Å². The zero-order chi connectivity index (χ0) is 28.3. The Bertz CT molecular complexity index is 1390. The monoisotopic (exact) mass is 546 g/mol. The van der Waals surface area contributed by atoms with Gasteiger partial charge in [-0.3, -0.25) is 14.5 Å². The van der Waals surface area contributed by atoms with Crippen LogP contribution in [-0.4, -0.2) is 36.5 Å². The summed E-state index contributed by atoms with van der Waals surface area (Å²) in [6, 6.07) is 19.1. The van der Waals surface area contributed by atoms with Crippen molar-refractivity contribution in [1.29, 1.82) is 0 Å². The Balaban J connectivity index is 1.91. The molecule has 3 aromatic rings. The molecule has 0 spiro atoms. The van der Waals surface area contributed by atoms with Gasteiger partial charge in [0.05, 0.1) is 18.2 Å². The van der Waals surface area contributed by atoms with E-state index in [1.54, 1.807) is 36.4 Å². The van der Waals surface area contributed by atoms with Crippen molar-refractivity contribution in [1.82, 2.24) is 0 Å². The average molecular weight is 547 g/mol. The Morgan fingerprint density at radius 1 is 1.00 bits per heavy atom. The molecule has 0 aromatic heterocycles. The summed E-state index contributed by atoms with van der Waals surface area (Å²) in [7, 11) is 0. The molecule has 204 valence electrons. The first-order valence-corrected chi connectivity index (χ1v) is 13.8. The summed E-state index contributed by atoms with van der Waals surface area (Å²) in [5.41, 5.74) is 3.63. The van der Waals surface area contributed by atoms with E-state index in [2.05, 4.69) is 18.7 Å². The molecule has 1 heterocycles. The van der Waals surface area contributed by atoms with Gasteiger partial charge in [-0.15, -0.1) is 0 Å². The highest BCUT2D eigenvalue weighted by atomic mass is 35.5. The fraction of sp³-hybridized carbons (Fsp3) is 0.312. The van der Waals surface area contributed by atoms with Crippen LogP contribution in [0.2, 0.25) is 5.02 Å². The van der Waals surface area contributed by atoms with E-state index in [4.69, 9.17) is 16.3 Å². The number of halogens is 1. The molecule has 0 saturated carbocycles. The van der Waals surface area contributed by atoms with Crippen LogP contribution in [-0.2, 0) is 9.59 Å². The standard InChI is InChI=1S/C32H35ClN2O4/c1-6-34(7-2)24-15-12-21(13-16-24)29-28(31(37)32(38)35(29)25-11-9-10-23(33)19-25)30(36)22-14-17-27(39-8-3)26(18-22)20(4)5/h9-20,29,36H,6-8H2,1-5H3/b30-28-. The van der Waals surface area contributed by atoms with Crippen molar-refractivity contribution in [3.63, 3.8) is 0 Å². The number of aliphatic hydroxyl groups excluding tert-OH is 1. The van der Waals surface area contributed by atoms with Gasteiger partial charge >= 0.3 is 0 Å². The summed E-state index contributed by atoms with van der Waals surface area (Å²) < 4.78 is 5.78. The molecule has 4 rings (SSSR count). The predicted octanol–water partition coefficient (Wildman–Crippen LogP) is 7.33. The van der Waals surface area contributed by atoms with Crippen LogP contribution >= 0.6 is 11.6 Å². The summed E-state index contributed by atoms with van der Waals surface area (Å²) >= 11 is 6.27. The fourth-order valence-electron chi connectivity index (χ4n) is 5.09. The zero-order valence-electron chi connectivity index (χ0n) is 23.1. The number of nitrogens with zero attached hydrogens (tertiary/aromatic N) is 2. The van der Waals surface area contributed by atoms with Crippen molar-refractivity contribution in [2.75, 3.05) is 29.5 Å². The quantitative estimate of drug-likeness (QED) is 0.173. The Morgan fingerprint density at radius 3 is 2.28 bits per heavy atom. The van der Waals surface area contributed by atoms with Crippen molar-refractivity contribution in [2.45, 2.75) is 46.6 Å². The van der Waals surface area contributed by atoms with Crippen LogP contribution < -0.4 is 14.5 Å². The largest absolute Gasteiger partial charge is 0.507 e. The number of benzene rings is 3. The maximum absolute atomic E-state index is 13.6. The molecule has 6 nitrogen and oxygen atoms in total.